The maximum absolute atomic E-state index is 13.2. The Bertz CT molecular complexity index is 2230. The van der Waals surface area contributed by atoms with Crippen molar-refractivity contribution in [2.45, 2.75) is 64.8 Å². The summed E-state index contributed by atoms with van der Waals surface area (Å²) >= 11 is 12.2. The predicted molar refractivity (Wildman–Crippen MR) is 226 cm³/mol. The van der Waals surface area contributed by atoms with Gasteiger partial charge in [-0.25, -0.2) is 19.6 Å². The summed E-state index contributed by atoms with van der Waals surface area (Å²) in [7, 11) is 0. The molecule has 2 atom stereocenters. The van der Waals surface area contributed by atoms with E-state index in [1.54, 1.807) is 70.1 Å². The lowest BCUT2D eigenvalue weighted by molar-refractivity contribution is -0.157. The molecule has 60 heavy (non-hydrogen) atoms. The van der Waals surface area contributed by atoms with Crippen LogP contribution in [0.15, 0.2) is 122 Å². The summed E-state index contributed by atoms with van der Waals surface area (Å²) in [6.07, 6.45) is 7.46. The number of nitrogens with zero attached hydrogens (tertiary/aromatic N) is 4. The van der Waals surface area contributed by atoms with Gasteiger partial charge in [0, 0.05) is 72.2 Å². The second-order valence-electron chi connectivity index (χ2n) is 13.7. The first-order valence-electron chi connectivity index (χ1n) is 19.0. The molecule has 14 nitrogen and oxygen atoms in total. The highest BCUT2D eigenvalue weighted by atomic mass is 35.5. The summed E-state index contributed by atoms with van der Waals surface area (Å²) in [5.41, 5.74) is 3.22. The fourth-order valence-electron chi connectivity index (χ4n) is 6.18. The summed E-state index contributed by atoms with van der Waals surface area (Å²) in [6, 6.07) is 28.7. The molecule has 0 saturated carbocycles. The van der Waals surface area contributed by atoms with Gasteiger partial charge in [-0.1, -0.05) is 59.6 Å². The third kappa shape index (κ3) is 13.2. The van der Waals surface area contributed by atoms with Gasteiger partial charge in [0.2, 0.25) is 11.8 Å². The minimum atomic E-state index is -1.32. The molecule has 0 aliphatic rings. The molecule has 2 heterocycles. The van der Waals surface area contributed by atoms with Crippen molar-refractivity contribution in [1.29, 1.82) is 0 Å². The number of nitrogens with one attached hydrogen (secondary N) is 2. The van der Waals surface area contributed by atoms with Crippen molar-refractivity contribution < 1.29 is 38.1 Å². The molecule has 0 fully saturated rings. The van der Waals surface area contributed by atoms with Crippen LogP contribution in [0.3, 0.4) is 0 Å². The zero-order valence-electron chi connectivity index (χ0n) is 32.8. The predicted octanol–water partition coefficient (Wildman–Crippen LogP) is 7.98. The van der Waals surface area contributed by atoms with Crippen molar-refractivity contribution in [3.05, 3.63) is 143 Å². The van der Waals surface area contributed by atoms with Crippen LogP contribution in [0, 0.1) is 0 Å². The number of hydrogen-bond donors (Lipinski definition) is 2. The number of hydrogen-bond acceptors (Lipinski definition) is 10. The highest BCUT2D eigenvalue weighted by Crippen LogP contribution is 2.25. The van der Waals surface area contributed by atoms with Gasteiger partial charge in [0.05, 0.1) is 13.1 Å². The Morgan fingerprint density at radius 1 is 0.600 bits per heavy atom. The van der Waals surface area contributed by atoms with Crippen LogP contribution in [0.25, 0.3) is 0 Å². The summed E-state index contributed by atoms with van der Waals surface area (Å²) < 4.78 is 26.8. The Hall–Kier alpha value is -6.64. The molecule has 0 radical (unpaired) electrons. The number of ether oxygens (including phenoxy) is 4. The molecule has 0 bridgehead atoms. The van der Waals surface area contributed by atoms with Crippen molar-refractivity contribution in [3.63, 3.8) is 0 Å². The van der Waals surface area contributed by atoms with E-state index >= 15 is 0 Å². The van der Waals surface area contributed by atoms with E-state index in [9.17, 15) is 19.2 Å². The van der Waals surface area contributed by atoms with Gasteiger partial charge in [-0.3, -0.25) is 18.7 Å². The van der Waals surface area contributed by atoms with Gasteiger partial charge in [-0.15, -0.1) is 0 Å². The van der Waals surface area contributed by atoms with Gasteiger partial charge in [0.1, 0.15) is 23.7 Å². The van der Waals surface area contributed by atoms with Crippen LogP contribution >= 0.6 is 23.2 Å². The first kappa shape index (κ1) is 43.0. The van der Waals surface area contributed by atoms with Crippen LogP contribution in [0.2, 0.25) is 10.0 Å². The van der Waals surface area contributed by atoms with Gasteiger partial charge in [-0.2, -0.15) is 0 Å². The summed E-state index contributed by atoms with van der Waals surface area (Å²) in [5, 5.41) is 6.75. The molecule has 2 aromatic heterocycles. The fraction of sp³-hybridized carbons (Fsp3) is 0.227. The lowest BCUT2D eigenvalue weighted by Gasteiger charge is -2.21. The van der Waals surface area contributed by atoms with E-state index in [-0.39, 0.29) is 36.9 Å². The van der Waals surface area contributed by atoms with E-state index in [2.05, 4.69) is 20.6 Å². The molecule has 2 unspecified atom stereocenters. The molecule has 6 rings (SSSR count). The number of aromatic nitrogens is 4. The number of imidazole rings is 2. The summed E-state index contributed by atoms with van der Waals surface area (Å²) in [6.45, 7) is 3.21. The number of benzene rings is 4. The van der Waals surface area contributed by atoms with E-state index < -0.39 is 24.1 Å². The molecular formula is C44H42Cl2N6O8. The molecule has 16 heteroatoms. The minimum absolute atomic E-state index is 0.149. The van der Waals surface area contributed by atoms with E-state index in [0.717, 1.165) is 11.1 Å². The third-order valence-electron chi connectivity index (χ3n) is 8.94. The smallest absolute Gasteiger partial charge is 0.425 e. The SMILES string of the molecule is CC(=O)Nc1cccc(OC(CCc2ccc(Cl)cc2)Cn2ccnc2OC(=O)C(=O)Oc2nccn2CC(CCc2ccc(Cl)cc2)Oc2cccc(NC(C)=O)c2)c1. The minimum Gasteiger partial charge on any atom is -0.488 e. The first-order chi connectivity index (χ1) is 28.9. The quantitative estimate of drug-likeness (QED) is 0.0640. The number of rotatable bonds is 18. The Kier molecular flexibility index (Phi) is 14.9. The van der Waals surface area contributed by atoms with Crippen molar-refractivity contribution in [2.24, 2.45) is 0 Å². The second-order valence-corrected chi connectivity index (χ2v) is 14.6. The topological polar surface area (TPSA) is 165 Å². The number of amides is 2. The van der Waals surface area contributed by atoms with E-state index in [1.807, 2.05) is 48.5 Å². The monoisotopic (exact) mass is 852 g/mol. The number of carbonyl (C=O) groups is 4. The van der Waals surface area contributed by atoms with Gasteiger partial charge in [0.25, 0.3) is 0 Å². The van der Waals surface area contributed by atoms with Crippen LogP contribution < -0.4 is 29.6 Å². The Labute approximate surface area is 356 Å². The molecule has 0 spiro atoms. The zero-order chi connectivity index (χ0) is 42.4. The normalized spacial score (nSPS) is 11.9. The lowest BCUT2D eigenvalue weighted by Crippen LogP contribution is -2.30. The number of halogens is 2. The lowest BCUT2D eigenvalue weighted by atomic mass is 10.1. The van der Waals surface area contributed by atoms with E-state index in [1.165, 1.54) is 26.2 Å². The number of aryl methyl sites for hydroxylation is 2. The molecule has 0 aliphatic heterocycles. The third-order valence-corrected chi connectivity index (χ3v) is 9.44. The molecule has 2 amide bonds. The average molecular weight is 854 g/mol. The standard InChI is InChI=1S/C44H42Cl2N6O8/c1-29(53)49-35-5-3-7-37(25-35)57-39(19-13-31-9-15-33(45)16-10-31)27-51-23-21-47-43(51)59-41(55)42(56)60-44-48-22-24-52(44)28-40(20-14-32-11-17-34(46)18-12-32)58-38-8-4-6-36(26-38)50-30(2)54/h3-12,15-18,21-26,39-40H,13-14,19-20,27-28H2,1-2H3,(H,49,53)(H,50,54). The zero-order valence-corrected chi connectivity index (χ0v) is 34.3. The fourth-order valence-corrected chi connectivity index (χ4v) is 6.44. The van der Waals surface area contributed by atoms with Crippen molar-refractivity contribution in [1.82, 2.24) is 19.1 Å². The molecule has 0 saturated heterocycles. The first-order valence-corrected chi connectivity index (χ1v) is 19.7. The van der Waals surface area contributed by atoms with Crippen molar-refractivity contribution >= 4 is 58.3 Å². The maximum Gasteiger partial charge on any atom is 0.425 e. The molecular weight excluding hydrogens is 811 g/mol. The van der Waals surface area contributed by atoms with Crippen LogP contribution in [-0.4, -0.2) is 55.1 Å². The van der Waals surface area contributed by atoms with Gasteiger partial charge in [0.15, 0.2) is 0 Å². The Morgan fingerprint density at radius 2 is 1.00 bits per heavy atom. The van der Waals surface area contributed by atoms with Crippen molar-refractivity contribution in [2.75, 3.05) is 10.6 Å². The van der Waals surface area contributed by atoms with Crippen LogP contribution in [0.5, 0.6) is 23.5 Å². The largest absolute Gasteiger partial charge is 0.488 e. The molecule has 2 N–H and O–H groups in total. The Balaban J connectivity index is 1.12. The van der Waals surface area contributed by atoms with Gasteiger partial charge >= 0.3 is 24.0 Å². The number of esters is 2. The molecule has 4 aromatic carbocycles. The highest BCUT2D eigenvalue weighted by Gasteiger charge is 2.26. The average Bonchev–Trinajstić information content (AvgIpc) is 3.85. The molecule has 6 aromatic rings. The second kappa shape index (κ2) is 20.9. The van der Waals surface area contributed by atoms with Crippen molar-refractivity contribution in [3.8, 4) is 23.5 Å². The van der Waals surface area contributed by atoms with E-state index in [4.69, 9.17) is 42.1 Å². The summed E-state index contributed by atoms with van der Waals surface area (Å²) in [4.78, 5) is 58.0. The summed E-state index contributed by atoms with van der Waals surface area (Å²) in [5.74, 6) is -2.05. The molecule has 310 valence electrons. The van der Waals surface area contributed by atoms with Crippen LogP contribution in [0.4, 0.5) is 11.4 Å². The Morgan fingerprint density at radius 3 is 1.38 bits per heavy atom. The highest BCUT2D eigenvalue weighted by molar-refractivity contribution is 6.31. The number of carbonyl (C=O) groups excluding carboxylic acids is 4. The maximum atomic E-state index is 13.2. The van der Waals surface area contributed by atoms with Gasteiger partial charge in [-0.05, 0) is 85.3 Å². The number of anilines is 2. The van der Waals surface area contributed by atoms with Crippen LogP contribution in [0.1, 0.15) is 37.8 Å². The van der Waals surface area contributed by atoms with Crippen LogP contribution in [-0.2, 0) is 45.1 Å². The van der Waals surface area contributed by atoms with E-state index in [0.29, 0.717) is 58.6 Å². The molecule has 0 aliphatic carbocycles. The van der Waals surface area contributed by atoms with Gasteiger partial charge < -0.3 is 29.6 Å².